The number of carbonyl (C=O) groups is 1. The monoisotopic (exact) mass is 741 g/mol. The van der Waals surface area contributed by atoms with E-state index in [1.165, 1.54) is 32.3 Å². The minimum absolute atomic E-state index is 0.0328. The molecule has 1 saturated heterocycles. The lowest BCUT2D eigenvalue weighted by molar-refractivity contribution is 0.0964. The van der Waals surface area contributed by atoms with Crippen LogP contribution in [0.2, 0.25) is 0 Å². The molecule has 4 aromatic heterocycles. The number of fused-ring (bicyclic) bond motifs is 6. The third-order valence-corrected chi connectivity index (χ3v) is 11.2. The van der Waals surface area contributed by atoms with Gasteiger partial charge in [-0.3, -0.25) is 23.4 Å². The summed E-state index contributed by atoms with van der Waals surface area (Å²) in [7, 11) is 1.02. The number of aromatic nitrogens is 3. The summed E-state index contributed by atoms with van der Waals surface area (Å²) in [6, 6.07) is 14.4. The van der Waals surface area contributed by atoms with Crippen LogP contribution >= 0.6 is 0 Å². The molecule has 3 aromatic carbocycles. The summed E-state index contributed by atoms with van der Waals surface area (Å²) in [6.07, 6.45) is 2.64. The van der Waals surface area contributed by atoms with E-state index in [9.17, 15) is 17.6 Å². The Labute approximate surface area is 302 Å². The highest BCUT2D eigenvalue weighted by molar-refractivity contribution is 7.92. The number of sulfonamides is 1. The quantitative estimate of drug-likeness (QED) is 0.211. The highest BCUT2D eigenvalue weighted by atomic mass is 32.2. The fourth-order valence-corrected chi connectivity index (χ4v) is 7.56. The second-order valence-corrected chi connectivity index (χ2v) is 15.4. The van der Waals surface area contributed by atoms with Gasteiger partial charge in [0, 0.05) is 74.1 Å². The SMILES string of the molecule is CNC(=O)c1c(-c2ccc(F)cc2F)oc2cc(N(C)S(C)(=O)=O)c(-c3cc4c(cn3)nc(CN3CCN(C)CC3)n3c5cccc(F)c5cc43)cc12. The van der Waals surface area contributed by atoms with Crippen molar-refractivity contribution in [2.75, 3.05) is 57.9 Å². The number of halogens is 3. The summed E-state index contributed by atoms with van der Waals surface area (Å²) in [5.41, 5.74) is 2.59. The largest absolute Gasteiger partial charge is 0.455 e. The van der Waals surface area contributed by atoms with Gasteiger partial charge in [0.15, 0.2) is 5.76 Å². The third-order valence-electron chi connectivity index (χ3n) is 9.97. The Balaban J connectivity index is 1.39. The highest BCUT2D eigenvalue weighted by Gasteiger charge is 2.28. The summed E-state index contributed by atoms with van der Waals surface area (Å²) in [6.45, 7) is 4.06. The number of furan rings is 1. The lowest BCUT2D eigenvalue weighted by atomic mass is 10.00. The Bertz CT molecular complexity index is 2740. The Kier molecular flexibility index (Phi) is 8.39. The van der Waals surface area contributed by atoms with Crippen LogP contribution in [0.1, 0.15) is 16.2 Å². The van der Waals surface area contributed by atoms with Gasteiger partial charge >= 0.3 is 0 Å². The summed E-state index contributed by atoms with van der Waals surface area (Å²) in [4.78, 5) is 27.7. The standard InChI is InChI=1S/C38H34F3N7O4S/c1-42-38(49)36-26-15-24(32(46(3)53(4,50)51)18-34(26)52-37(36)22-9-8-21(39)14-28(22)41)29-16-25-30(19-43-29)44-35(20-47-12-10-45(2)11-13-47)48-31-7-5-6-27(40)23(31)17-33(25)48/h5-9,14-19H,10-13,20H2,1-4H3,(H,42,49). The Hall–Kier alpha value is -5.51. The van der Waals surface area contributed by atoms with Crippen LogP contribution in [0.4, 0.5) is 18.9 Å². The van der Waals surface area contributed by atoms with Gasteiger partial charge in [0.1, 0.15) is 28.9 Å². The van der Waals surface area contributed by atoms with Crippen LogP contribution in [0.15, 0.2) is 71.3 Å². The molecule has 0 atom stereocenters. The number of anilines is 1. The van der Waals surface area contributed by atoms with Crippen molar-refractivity contribution in [1.29, 1.82) is 0 Å². The van der Waals surface area contributed by atoms with Gasteiger partial charge in [-0.25, -0.2) is 26.6 Å². The molecule has 0 saturated carbocycles. The van der Waals surface area contributed by atoms with Gasteiger partial charge in [-0.2, -0.15) is 0 Å². The van der Waals surface area contributed by atoms with Crippen molar-refractivity contribution < 1.29 is 30.8 Å². The predicted octanol–water partition coefficient (Wildman–Crippen LogP) is 6.04. The van der Waals surface area contributed by atoms with E-state index in [1.807, 2.05) is 10.5 Å². The molecule has 15 heteroatoms. The predicted molar refractivity (Wildman–Crippen MR) is 198 cm³/mol. The number of rotatable bonds is 7. The van der Waals surface area contributed by atoms with Crippen LogP contribution in [0.3, 0.4) is 0 Å². The van der Waals surface area contributed by atoms with Crippen LogP contribution < -0.4 is 9.62 Å². The average molecular weight is 742 g/mol. The van der Waals surface area contributed by atoms with E-state index in [0.29, 0.717) is 51.2 Å². The summed E-state index contributed by atoms with van der Waals surface area (Å²) in [5.74, 6) is -2.17. The Morgan fingerprint density at radius 1 is 0.925 bits per heavy atom. The number of likely N-dealkylation sites (N-methyl/N-ethyl adjacent to an activating group) is 1. The smallest absolute Gasteiger partial charge is 0.255 e. The van der Waals surface area contributed by atoms with Crippen LogP contribution in [-0.4, -0.2) is 92.1 Å². The summed E-state index contributed by atoms with van der Waals surface area (Å²) >= 11 is 0. The normalized spacial score (nSPS) is 14.5. The van der Waals surface area contributed by atoms with E-state index in [-0.39, 0.29) is 39.4 Å². The second-order valence-electron chi connectivity index (χ2n) is 13.3. The van der Waals surface area contributed by atoms with Gasteiger partial charge in [0.05, 0.1) is 58.1 Å². The first kappa shape index (κ1) is 34.6. The first-order chi connectivity index (χ1) is 25.3. The van der Waals surface area contributed by atoms with Gasteiger partial charge in [-0.1, -0.05) is 6.07 Å². The number of benzene rings is 3. The third kappa shape index (κ3) is 5.94. The first-order valence-electron chi connectivity index (χ1n) is 16.8. The molecule has 11 nitrogen and oxygen atoms in total. The molecule has 0 bridgehead atoms. The van der Waals surface area contributed by atoms with Gasteiger partial charge in [-0.05, 0) is 49.5 Å². The highest BCUT2D eigenvalue weighted by Crippen LogP contribution is 2.42. The van der Waals surface area contributed by atoms with Crippen molar-refractivity contribution in [3.63, 3.8) is 0 Å². The number of piperazine rings is 1. The van der Waals surface area contributed by atoms with Crippen molar-refractivity contribution in [2.45, 2.75) is 6.54 Å². The van der Waals surface area contributed by atoms with Crippen LogP contribution in [0.25, 0.3) is 60.9 Å². The molecule has 0 radical (unpaired) electrons. The van der Waals surface area contributed by atoms with Crippen LogP contribution in [0.5, 0.6) is 0 Å². The maximum Gasteiger partial charge on any atom is 0.255 e. The van der Waals surface area contributed by atoms with Gasteiger partial charge < -0.3 is 14.6 Å². The van der Waals surface area contributed by atoms with Crippen LogP contribution in [-0.2, 0) is 16.6 Å². The number of nitrogens with one attached hydrogen (secondary N) is 1. The van der Waals surface area contributed by atoms with Gasteiger partial charge in [0.25, 0.3) is 5.91 Å². The van der Waals surface area contributed by atoms with E-state index in [1.54, 1.807) is 30.5 Å². The van der Waals surface area contributed by atoms with Crippen LogP contribution in [0, 0.1) is 17.5 Å². The lowest BCUT2D eigenvalue weighted by Gasteiger charge is -2.32. The average Bonchev–Trinajstić information content (AvgIpc) is 3.71. The van der Waals surface area contributed by atoms with Crippen molar-refractivity contribution in [2.24, 2.45) is 0 Å². The molecule has 5 heterocycles. The molecular formula is C38H34F3N7O4S. The number of pyridine rings is 1. The zero-order valence-corrected chi connectivity index (χ0v) is 30.1. The van der Waals surface area contributed by atoms with Crippen molar-refractivity contribution >= 4 is 59.9 Å². The van der Waals surface area contributed by atoms with Crippen molar-refractivity contribution in [3.8, 4) is 22.6 Å². The number of hydrogen-bond donors (Lipinski definition) is 1. The molecule has 272 valence electrons. The molecule has 8 rings (SSSR count). The molecule has 1 N–H and O–H groups in total. The Morgan fingerprint density at radius 3 is 2.42 bits per heavy atom. The molecule has 1 aliphatic heterocycles. The van der Waals surface area contributed by atoms with E-state index in [2.05, 4.69) is 22.2 Å². The Morgan fingerprint density at radius 2 is 1.70 bits per heavy atom. The summed E-state index contributed by atoms with van der Waals surface area (Å²) in [5, 5.41) is 3.85. The lowest BCUT2D eigenvalue weighted by Crippen LogP contribution is -2.44. The molecule has 1 aliphatic rings. The maximum absolute atomic E-state index is 15.3. The molecule has 1 amide bonds. The molecule has 7 aromatic rings. The fourth-order valence-electron chi connectivity index (χ4n) is 7.05. The van der Waals surface area contributed by atoms with E-state index in [0.717, 1.165) is 48.6 Å². The van der Waals surface area contributed by atoms with Crippen molar-refractivity contribution in [1.82, 2.24) is 29.5 Å². The molecule has 0 aliphatic carbocycles. The van der Waals surface area contributed by atoms with E-state index >= 15 is 8.78 Å². The van der Waals surface area contributed by atoms with E-state index < -0.39 is 27.6 Å². The topological polar surface area (TPSA) is 116 Å². The number of hydrogen-bond acceptors (Lipinski definition) is 8. The maximum atomic E-state index is 15.3. The summed E-state index contributed by atoms with van der Waals surface area (Å²) < 4.78 is 79.3. The number of nitrogens with zero attached hydrogens (tertiary/aromatic N) is 6. The first-order valence-corrected chi connectivity index (χ1v) is 18.7. The molecule has 0 unspecified atom stereocenters. The van der Waals surface area contributed by atoms with Gasteiger partial charge in [0.2, 0.25) is 10.0 Å². The zero-order chi connectivity index (χ0) is 37.3. The molecule has 1 fully saturated rings. The van der Waals surface area contributed by atoms with E-state index in [4.69, 9.17) is 14.4 Å². The van der Waals surface area contributed by atoms with Crippen molar-refractivity contribution in [3.05, 3.63) is 95.7 Å². The molecule has 0 spiro atoms. The second kappa shape index (κ2) is 12.9. The van der Waals surface area contributed by atoms with Gasteiger partial charge in [-0.15, -0.1) is 0 Å². The number of carbonyl (C=O) groups excluding carboxylic acids is 1. The minimum Gasteiger partial charge on any atom is -0.455 e. The molecule has 53 heavy (non-hydrogen) atoms. The zero-order valence-electron chi connectivity index (χ0n) is 29.2. The fraction of sp³-hybridized carbons (Fsp3) is 0.237. The number of amides is 1. The molecular weight excluding hydrogens is 708 g/mol. The minimum atomic E-state index is -3.85.